The normalized spacial score (nSPS) is 10.9. The highest BCUT2D eigenvalue weighted by molar-refractivity contribution is 7.17. The van der Waals surface area contributed by atoms with Gasteiger partial charge in [0.2, 0.25) is 0 Å². The Morgan fingerprint density at radius 1 is 1.39 bits per heavy atom. The van der Waals surface area contributed by atoms with Gasteiger partial charge in [-0.3, -0.25) is 4.79 Å². The van der Waals surface area contributed by atoms with Crippen molar-refractivity contribution in [3.8, 4) is 10.6 Å². The summed E-state index contributed by atoms with van der Waals surface area (Å²) in [4.78, 5) is 16.1. The van der Waals surface area contributed by atoms with Gasteiger partial charge in [-0.2, -0.15) is 0 Å². The highest BCUT2D eigenvalue weighted by Crippen LogP contribution is 2.34. The number of hydrogen-bond donors (Lipinski definition) is 1. The number of nitrogens with two attached hydrogens (primary N) is 1. The number of benzene rings is 1. The van der Waals surface area contributed by atoms with Crippen molar-refractivity contribution in [3.63, 3.8) is 0 Å². The van der Waals surface area contributed by atoms with E-state index >= 15 is 0 Å². The second-order valence-corrected chi connectivity index (χ2v) is 4.94. The molecule has 0 aliphatic rings. The van der Waals surface area contributed by atoms with Crippen molar-refractivity contribution in [2.45, 2.75) is 6.92 Å². The number of aryl methyl sites for hydroxylation is 1. The number of carbonyl (C=O) groups is 1. The molecule has 0 radical (unpaired) electrons. The van der Waals surface area contributed by atoms with Crippen molar-refractivity contribution in [2.75, 3.05) is 0 Å². The molecule has 0 saturated heterocycles. The standard InChI is InChI=1S/C13H10N2O2S/c1-7-11(12(14)16)18-13(15-7)9-6-17-10-5-3-2-4-8(9)10/h2-6H,1H3,(H2,14,16). The summed E-state index contributed by atoms with van der Waals surface area (Å²) in [6.07, 6.45) is 1.66. The van der Waals surface area contributed by atoms with E-state index in [9.17, 15) is 4.79 Å². The predicted molar refractivity (Wildman–Crippen MR) is 70.6 cm³/mol. The number of nitrogens with zero attached hydrogens (tertiary/aromatic N) is 1. The lowest BCUT2D eigenvalue weighted by Crippen LogP contribution is -2.09. The van der Waals surface area contributed by atoms with E-state index in [1.165, 1.54) is 11.3 Å². The summed E-state index contributed by atoms with van der Waals surface area (Å²) >= 11 is 1.29. The van der Waals surface area contributed by atoms with Gasteiger partial charge in [-0.25, -0.2) is 4.98 Å². The minimum Gasteiger partial charge on any atom is -0.464 e. The summed E-state index contributed by atoms with van der Waals surface area (Å²) in [6, 6.07) is 7.72. The van der Waals surface area contributed by atoms with E-state index in [1.54, 1.807) is 13.2 Å². The van der Waals surface area contributed by atoms with Gasteiger partial charge < -0.3 is 10.2 Å². The maximum Gasteiger partial charge on any atom is 0.260 e. The first-order chi connectivity index (χ1) is 8.66. The van der Waals surface area contributed by atoms with Crippen LogP contribution in [0.1, 0.15) is 15.4 Å². The predicted octanol–water partition coefficient (Wildman–Crippen LogP) is 2.96. The molecule has 18 heavy (non-hydrogen) atoms. The molecule has 0 spiro atoms. The van der Waals surface area contributed by atoms with Crippen LogP contribution in [-0.4, -0.2) is 10.9 Å². The Kier molecular flexibility index (Phi) is 2.41. The minimum atomic E-state index is -0.441. The Morgan fingerprint density at radius 3 is 2.89 bits per heavy atom. The van der Waals surface area contributed by atoms with E-state index in [2.05, 4.69) is 4.98 Å². The van der Waals surface area contributed by atoms with Gasteiger partial charge in [-0.05, 0) is 13.0 Å². The van der Waals surface area contributed by atoms with E-state index in [4.69, 9.17) is 10.2 Å². The molecule has 0 unspecified atom stereocenters. The van der Waals surface area contributed by atoms with E-state index in [-0.39, 0.29) is 0 Å². The molecule has 0 atom stereocenters. The van der Waals surface area contributed by atoms with Crippen LogP contribution in [0, 0.1) is 6.92 Å². The highest BCUT2D eigenvalue weighted by atomic mass is 32.1. The molecule has 2 heterocycles. The first kappa shape index (κ1) is 11.0. The number of hydrogen-bond acceptors (Lipinski definition) is 4. The van der Waals surface area contributed by atoms with Crippen LogP contribution in [0.5, 0.6) is 0 Å². The molecule has 2 N–H and O–H groups in total. The number of amides is 1. The Balaban J connectivity index is 2.20. The van der Waals surface area contributed by atoms with Gasteiger partial charge in [0.1, 0.15) is 21.7 Å². The molecular weight excluding hydrogens is 248 g/mol. The Hall–Kier alpha value is -2.14. The Morgan fingerprint density at radius 2 is 2.17 bits per heavy atom. The fourth-order valence-electron chi connectivity index (χ4n) is 1.88. The zero-order valence-electron chi connectivity index (χ0n) is 9.64. The smallest absolute Gasteiger partial charge is 0.260 e. The molecule has 0 fully saturated rings. The summed E-state index contributed by atoms with van der Waals surface area (Å²) in [5.41, 5.74) is 7.66. The quantitative estimate of drug-likeness (QED) is 0.768. The SMILES string of the molecule is Cc1nc(-c2coc3ccccc23)sc1C(N)=O. The first-order valence-corrected chi connectivity index (χ1v) is 6.22. The second kappa shape index (κ2) is 3.96. The van der Waals surface area contributed by atoms with Gasteiger partial charge >= 0.3 is 0 Å². The Bertz CT molecular complexity index is 742. The monoisotopic (exact) mass is 258 g/mol. The van der Waals surface area contributed by atoms with Gasteiger partial charge in [-0.1, -0.05) is 18.2 Å². The molecule has 5 heteroatoms. The van der Waals surface area contributed by atoms with Crippen molar-refractivity contribution in [2.24, 2.45) is 5.73 Å². The van der Waals surface area contributed by atoms with Crippen LogP contribution in [0.25, 0.3) is 21.5 Å². The van der Waals surface area contributed by atoms with Crippen molar-refractivity contribution in [1.82, 2.24) is 4.98 Å². The van der Waals surface area contributed by atoms with Crippen molar-refractivity contribution < 1.29 is 9.21 Å². The molecule has 0 aliphatic carbocycles. The number of para-hydroxylation sites is 1. The van der Waals surface area contributed by atoms with Gasteiger partial charge in [0, 0.05) is 5.39 Å². The topological polar surface area (TPSA) is 69.1 Å². The van der Waals surface area contributed by atoms with Crippen LogP contribution in [0.4, 0.5) is 0 Å². The minimum absolute atomic E-state index is 0.441. The summed E-state index contributed by atoms with van der Waals surface area (Å²) in [5, 5.41) is 1.74. The van der Waals surface area contributed by atoms with E-state index < -0.39 is 5.91 Å². The van der Waals surface area contributed by atoms with Crippen molar-refractivity contribution in [1.29, 1.82) is 0 Å². The summed E-state index contributed by atoms with van der Waals surface area (Å²) in [7, 11) is 0. The Labute approximate surface area is 107 Å². The average molecular weight is 258 g/mol. The van der Waals surface area contributed by atoms with Gasteiger partial charge in [-0.15, -0.1) is 11.3 Å². The molecule has 0 bridgehead atoms. The number of thiazole rings is 1. The lowest BCUT2D eigenvalue weighted by atomic mass is 10.2. The molecule has 90 valence electrons. The number of aromatic nitrogens is 1. The second-order valence-electron chi connectivity index (χ2n) is 3.94. The molecule has 3 rings (SSSR count). The van der Waals surface area contributed by atoms with Crippen molar-refractivity contribution in [3.05, 3.63) is 41.1 Å². The number of furan rings is 1. The van der Waals surface area contributed by atoms with Crippen LogP contribution in [0.15, 0.2) is 34.9 Å². The zero-order valence-corrected chi connectivity index (χ0v) is 10.5. The molecule has 4 nitrogen and oxygen atoms in total. The molecule has 1 aromatic carbocycles. The van der Waals surface area contributed by atoms with Crippen LogP contribution < -0.4 is 5.73 Å². The first-order valence-electron chi connectivity index (χ1n) is 5.40. The van der Waals surface area contributed by atoms with E-state index in [1.807, 2.05) is 24.3 Å². The lowest BCUT2D eigenvalue weighted by Gasteiger charge is -1.90. The number of fused-ring (bicyclic) bond motifs is 1. The lowest BCUT2D eigenvalue weighted by molar-refractivity contribution is 0.100. The third-order valence-electron chi connectivity index (χ3n) is 2.73. The molecule has 2 aromatic heterocycles. The van der Waals surface area contributed by atoms with E-state index in [0.29, 0.717) is 10.6 Å². The maximum absolute atomic E-state index is 11.2. The van der Waals surface area contributed by atoms with Crippen molar-refractivity contribution >= 4 is 28.2 Å². The van der Waals surface area contributed by atoms with Crippen LogP contribution in [-0.2, 0) is 0 Å². The summed E-state index contributed by atoms with van der Waals surface area (Å²) < 4.78 is 5.46. The molecule has 3 aromatic rings. The third kappa shape index (κ3) is 1.60. The summed E-state index contributed by atoms with van der Waals surface area (Å²) in [6.45, 7) is 1.78. The summed E-state index contributed by atoms with van der Waals surface area (Å²) in [5.74, 6) is -0.441. The molecular formula is C13H10N2O2S. The van der Waals surface area contributed by atoms with Crippen LogP contribution in [0.3, 0.4) is 0 Å². The fourth-order valence-corrected chi connectivity index (χ4v) is 2.82. The number of primary amides is 1. The largest absolute Gasteiger partial charge is 0.464 e. The molecule has 0 aliphatic heterocycles. The highest BCUT2D eigenvalue weighted by Gasteiger charge is 2.16. The van der Waals surface area contributed by atoms with Crippen LogP contribution >= 0.6 is 11.3 Å². The maximum atomic E-state index is 11.2. The molecule has 0 saturated carbocycles. The van der Waals surface area contributed by atoms with Gasteiger partial charge in [0.05, 0.1) is 11.3 Å². The zero-order chi connectivity index (χ0) is 12.7. The fraction of sp³-hybridized carbons (Fsp3) is 0.0769. The van der Waals surface area contributed by atoms with E-state index in [0.717, 1.165) is 21.5 Å². The number of rotatable bonds is 2. The average Bonchev–Trinajstić information content (AvgIpc) is 2.92. The van der Waals surface area contributed by atoms with Gasteiger partial charge in [0.25, 0.3) is 5.91 Å². The number of carbonyl (C=O) groups excluding carboxylic acids is 1. The van der Waals surface area contributed by atoms with Gasteiger partial charge in [0.15, 0.2) is 0 Å². The third-order valence-corrected chi connectivity index (χ3v) is 3.94. The van der Waals surface area contributed by atoms with Crippen LogP contribution in [0.2, 0.25) is 0 Å². The molecule has 1 amide bonds.